The van der Waals surface area contributed by atoms with Gasteiger partial charge in [0.25, 0.3) is 5.91 Å². The van der Waals surface area contributed by atoms with Crippen LogP contribution in [0, 0.1) is 11.6 Å². The number of hydrogen-bond acceptors (Lipinski definition) is 4. The van der Waals surface area contributed by atoms with Crippen molar-refractivity contribution in [3.63, 3.8) is 0 Å². The first-order valence-corrected chi connectivity index (χ1v) is 13.7. The second-order valence-corrected chi connectivity index (χ2v) is 11.0. The molecule has 1 N–H and O–H groups in total. The Hall–Kier alpha value is -3.30. The first-order chi connectivity index (χ1) is 18.7. The second kappa shape index (κ2) is 11.1. The van der Waals surface area contributed by atoms with E-state index >= 15 is 0 Å². The zero-order valence-electron chi connectivity index (χ0n) is 21.8. The Morgan fingerprint density at radius 1 is 1.10 bits per heavy atom. The molecule has 2 aromatic rings. The molecular formula is C29H31ClF2N4O3. The van der Waals surface area contributed by atoms with E-state index in [4.69, 9.17) is 11.6 Å². The summed E-state index contributed by atoms with van der Waals surface area (Å²) in [5, 5.41) is 2.64. The van der Waals surface area contributed by atoms with Gasteiger partial charge < -0.3 is 10.2 Å². The molecule has 0 unspecified atom stereocenters. The number of amides is 4. The molecule has 39 heavy (non-hydrogen) atoms. The number of nitrogens with zero attached hydrogens (tertiary/aromatic N) is 3. The van der Waals surface area contributed by atoms with E-state index in [2.05, 4.69) is 10.2 Å². The fourth-order valence-electron chi connectivity index (χ4n) is 5.82. The van der Waals surface area contributed by atoms with Gasteiger partial charge in [-0.1, -0.05) is 43.0 Å². The lowest BCUT2D eigenvalue weighted by Gasteiger charge is -2.39. The highest BCUT2D eigenvalue weighted by molar-refractivity contribution is 6.32. The fourth-order valence-corrected chi connectivity index (χ4v) is 5.98. The molecular weight excluding hydrogens is 526 g/mol. The number of piperazine rings is 1. The summed E-state index contributed by atoms with van der Waals surface area (Å²) < 4.78 is 27.7. The maximum Gasteiger partial charge on any atom is 0.329 e. The molecule has 206 valence electrons. The Morgan fingerprint density at radius 2 is 1.82 bits per heavy atom. The van der Waals surface area contributed by atoms with Crippen LogP contribution < -0.4 is 10.2 Å². The van der Waals surface area contributed by atoms with Crippen molar-refractivity contribution < 1.29 is 23.2 Å². The molecule has 0 aromatic heterocycles. The van der Waals surface area contributed by atoms with Crippen molar-refractivity contribution in [1.29, 1.82) is 0 Å². The van der Waals surface area contributed by atoms with Crippen molar-refractivity contribution in [3.05, 3.63) is 70.3 Å². The Balaban J connectivity index is 1.31. The lowest BCUT2D eigenvalue weighted by atomic mass is 9.81. The van der Waals surface area contributed by atoms with Crippen LogP contribution in [0.25, 0.3) is 6.08 Å². The van der Waals surface area contributed by atoms with E-state index in [1.807, 2.05) is 6.92 Å². The van der Waals surface area contributed by atoms with Gasteiger partial charge in [-0.05, 0) is 55.7 Å². The molecule has 1 spiro atoms. The quantitative estimate of drug-likeness (QED) is 0.410. The minimum absolute atomic E-state index is 0.0881. The van der Waals surface area contributed by atoms with E-state index in [0.29, 0.717) is 39.0 Å². The van der Waals surface area contributed by atoms with Gasteiger partial charge in [-0.2, -0.15) is 0 Å². The third-order valence-electron chi connectivity index (χ3n) is 7.90. The van der Waals surface area contributed by atoms with E-state index in [1.54, 1.807) is 17.0 Å². The molecule has 2 aliphatic heterocycles. The van der Waals surface area contributed by atoms with Gasteiger partial charge in [0, 0.05) is 43.9 Å². The van der Waals surface area contributed by atoms with E-state index in [0.717, 1.165) is 35.8 Å². The summed E-state index contributed by atoms with van der Waals surface area (Å²) in [5.74, 6) is -1.62. The standard InChI is InChI=1S/C29H31ClF2N4O3/c1-19-17-34(18-20-5-8-22(31)9-6-20)13-14-35(19)26(37)10-7-21-15-24(32)23(30)16-25(21)36-27(38)29(33-28(36)39)11-3-2-4-12-29/h5-10,15-16,19H,2-4,11-14,17-18H2,1H3,(H,33,39)/t19-/m1/s1. The van der Waals surface area contributed by atoms with Gasteiger partial charge in [-0.3, -0.25) is 14.5 Å². The molecule has 4 amide bonds. The van der Waals surface area contributed by atoms with Crippen LogP contribution in [0.4, 0.5) is 19.3 Å². The van der Waals surface area contributed by atoms with Crippen LogP contribution in [0.15, 0.2) is 42.5 Å². The summed E-state index contributed by atoms with van der Waals surface area (Å²) in [5.41, 5.74) is 0.406. The molecule has 1 saturated carbocycles. The van der Waals surface area contributed by atoms with Gasteiger partial charge in [-0.25, -0.2) is 18.5 Å². The van der Waals surface area contributed by atoms with Crippen molar-refractivity contribution in [1.82, 2.24) is 15.1 Å². The molecule has 2 heterocycles. The highest BCUT2D eigenvalue weighted by Gasteiger charge is 2.52. The topological polar surface area (TPSA) is 73.0 Å². The largest absolute Gasteiger partial charge is 0.334 e. The zero-order valence-corrected chi connectivity index (χ0v) is 22.5. The first kappa shape index (κ1) is 27.3. The number of imide groups is 1. The van der Waals surface area contributed by atoms with Crippen molar-refractivity contribution >= 4 is 41.2 Å². The third-order valence-corrected chi connectivity index (χ3v) is 8.19. The second-order valence-electron chi connectivity index (χ2n) is 10.6. The van der Waals surface area contributed by atoms with Crippen LogP contribution >= 0.6 is 11.6 Å². The van der Waals surface area contributed by atoms with Gasteiger partial charge in [0.1, 0.15) is 17.2 Å². The number of urea groups is 1. The Labute approximate surface area is 231 Å². The van der Waals surface area contributed by atoms with Crippen molar-refractivity contribution in [2.24, 2.45) is 0 Å². The van der Waals surface area contributed by atoms with Crippen molar-refractivity contribution in [2.75, 3.05) is 24.5 Å². The predicted octanol–water partition coefficient (Wildman–Crippen LogP) is 5.12. The third kappa shape index (κ3) is 5.56. The number of rotatable bonds is 5. The first-order valence-electron chi connectivity index (χ1n) is 13.3. The van der Waals surface area contributed by atoms with Gasteiger partial charge in [0.05, 0.1) is 10.7 Å². The number of nitrogens with one attached hydrogen (secondary N) is 1. The molecule has 3 fully saturated rings. The molecule has 1 aliphatic carbocycles. The van der Waals surface area contributed by atoms with Crippen molar-refractivity contribution in [3.8, 4) is 0 Å². The minimum atomic E-state index is -0.948. The smallest absolute Gasteiger partial charge is 0.329 e. The predicted molar refractivity (Wildman–Crippen MR) is 145 cm³/mol. The SMILES string of the molecule is C[C@@H]1CN(Cc2ccc(F)cc2)CCN1C(=O)C=Cc1cc(F)c(Cl)cc1N1C(=O)NC2(CCCCC2)C1=O. The summed E-state index contributed by atoms with van der Waals surface area (Å²) in [6, 6.07) is 8.12. The average molecular weight is 557 g/mol. The molecule has 10 heteroatoms. The van der Waals surface area contributed by atoms with Gasteiger partial charge in [-0.15, -0.1) is 0 Å². The Morgan fingerprint density at radius 3 is 2.51 bits per heavy atom. The number of carbonyl (C=O) groups is 3. The van der Waals surface area contributed by atoms with Gasteiger partial charge >= 0.3 is 6.03 Å². The molecule has 1 atom stereocenters. The summed E-state index contributed by atoms with van der Waals surface area (Å²) in [4.78, 5) is 44.5. The summed E-state index contributed by atoms with van der Waals surface area (Å²) in [6.07, 6.45) is 6.55. The highest BCUT2D eigenvalue weighted by atomic mass is 35.5. The Kier molecular flexibility index (Phi) is 7.73. The molecule has 0 bridgehead atoms. The summed E-state index contributed by atoms with van der Waals surface area (Å²) in [6.45, 7) is 4.38. The van der Waals surface area contributed by atoms with Gasteiger partial charge in [0.2, 0.25) is 5.91 Å². The van der Waals surface area contributed by atoms with Crippen LogP contribution in [-0.4, -0.2) is 58.9 Å². The summed E-state index contributed by atoms with van der Waals surface area (Å²) in [7, 11) is 0. The number of anilines is 1. The molecule has 3 aliphatic rings. The average Bonchev–Trinajstić information content (AvgIpc) is 3.14. The number of benzene rings is 2. The fraction of sp³-hybridized carbons (Fsp3) is 0.414. The Bertz CT molecular complexity index is 1310. The van der Waals surface area contributed by atoms with E-state index in [-0.39, 0.29) is 39.9 Å². The zero-order chi connectivity index (χ0) is 27.7. The number of halogens is 3. The number of carbonyl (C=O) groups excluding carboxylic acids is 3. The van der Waals surface area contributed by atoms with E-state index in [1.165, 1.54) is 30.4 Å². The van der Waals surface area contributed by atoms with Crippen molar-refractivity contribution in [2.45, 2.75) is 57.2 Å². The minimum Gasteiger partial charge on any atom is -0.334 e. The van der Waals surface area contributed by atoms with Crippen LogP contribution in [0.2, 0.25) is 5.02 Å². The van der Waals surface area contributed by atoms with Crippen LogP contribution in [0.3, 0.4) is 0 Å². The maximum atomic E-state index is 14.5. The molecule has 2 saturated heterocycles. The maximum absolute atomic E-state index is 14.5. The number of hydrogen-bond donors (Lipinski definition) is 1. The van der Waals surface area contributed by atoms with E-state index in [9.17, 15) is 23.2 Å². The molecule has 0 radical (unpaired) electrons. The normalized spacial score (nSPS) is 21.7. The highest BCUT2D eigenvalue weighted by Crippen LogP contribution is 2.38. The monoisotopic (exact) mass is 556 g/mol. The molecule has 2 aromatic carbocycles. The lowest BCUT2D eigenvalue weighted by Crippen LogP contribution is -2.53. The van der Waals surface area contributed by atoms with Crippen LogP contribution in [-0.2, 0) is 16.1 Å². The van der Waals surface area contributed by atoms with Gasteiger partial charge in [0.15, 0.2) is 0 Å². The van der Waals surface area contributed by atoms with Crippen LogP contribution in [0.1, 0.15) is 50.2 Å². The summed E-state index contributed by atoms with van der Waals surface area (Å²) >= 11 is 6.05. The van der Waals surface area contributed by atoms with E-state index < -0.39 is 17.4 Å². The lowest BCUT2D eigenvalue weighted by molar-refractivity contribution is -0.130. The van der Waals surface area contributed by atoms with Crippen LogP contribution in [0.5, 0.6) is 0 Å². The molecule has 7 nitrogen and oxygen atoms in total. The molecule has 5 rings (SSSR count).